The summed E-state index contributed by atoms with van der Waals surface area (Å²) in [6.07, 6.45) is -6.07. The summed E-state index contributed by atoms with van der Waals surface area (Å²) in [7, 11) is 0. The van der Waals surface area contributed by atoms with E-state index in [1.807, 2.05) is 0 Å². The lowest BCUT2D eigenvalue weighted by Gasteiger charge is -2.40. The first-order valence-corrected chi connectivity index (χ1v) is 6.71. The van der Waals surface area contributed by atoms with Crippen molar-refractivity contribution < 1.29 is 34.9 Å². The van der Waals surface area contributed by atoms with E-state index in [0.717, 1.165) is 6.07 Å². The second-order valence-corrected chi connectivity index (χ2v) is 5.00. The van der Waals surface area contributed by atoms with Crippen LogP contribution in [0.2, 0.25) is 0 Å². The molecule has 0 bridgehead atoms. The Balaban J connectivity index is 2.19. The summed E-state index contributed by atoms with van der Waals surface area (Å²) in [4.78, 5) is 22.3. The van der Waals surface area contributed by atoms with Crippen molar-refractivity contribution in [1.82, 2.24) is 5.32 Å². The van der Waals surface area contributed by atoms with Crippen molar-refractivity contribution in [2.75, 3.05) is 6.61 Å². The van der Waals surface area contributed by atoms with Gasteiger partial charge in [-0.2, -0.15) is 0 Å². The van der Waals surface area contributed by atoms with Crippen LogP contribution in [0.3, 0.4) is 0 Å². The quantitative estimate of drug-likeness (QED) is 0.317. The number of nitrogens with zero attached hydrogens (tertiary/aromatic N) is 1. The molecule has 1 aromatic rings. The Labute approximate surface area is 130 Å². The third-order valence-corrected chi connectivity index (χ3v) is 3.54. The molecule has 126 valence electrons. The Morgan fingerprint density at radius 2 is 1.91 bits per heavy atom. The topological polar surface area (TPSA) is 162 Å². The van der Waals surface area contributed by atoms with Crippen LogP contribution in [0.25, 0.3) is 0 Å². The van der Waals surface area contributed by atoms with Crippen molar-refractivity contribution >= 4 is 11.6 Å². The molecule has 1 fully saturated rings. The van der Waals surface area contributed by atoms with Crippen molar-refractivity contribution in [2.45, 2.75) is 30.6 Å². The number of carbonyl (C=O) groups is 1. The molecule has 1 heterocycles. The van der Waals surface area contributed by atoms with Crippen LogP contribution in [0, 0.1) is 10.1 Å². The molecular formula is C13H16N2O8. The van der Waals surface area contributed by atoms with Crippen molar-refractivity contribution in [1.29, 1.82) is 0 Å². The second-order valence-electron chi connectivity index (χ2n) is 5.00. The second kappa shape index (κ2) is 6.98. The van der Waals surface area contributed by atoms with Gasteiger partial charge >= 0.3 is 0 Å². The smallest absolute Gasteiger partial charge is 0.282 e. The predicted octanol–water partition coefficient (Wildman–Crippen LogP) is -1.88. The van der Waals surface area contributed by atoms with Gasteiger partial charge in [0.2, 0.25) is 0 Å². The maximum absolute atomic E-state index is 12.2. The first kappa shape index (κ1) is 17.2. The molecule has 23 heavy (non-hydrogen) atoms. The molecule has 1 aromatic carbocycles. The third-order valence-electron chi connectivity index (χ3n) is 3.54. The number of ether oxygens (including phenoxy) is 1. The monoisotopic (exact) mass is 328 g/mol. The van der Waals surface area contributed by atoms with Gasteiger partial charge in [-0.25, -0.2) is 0 Å². The van der Waals surface area contributed by atoms with Crippen LogP contribution in [0.5, 0.6) is 0 Å². The van der Waals surface area contributed by atoms with Gasteiger partial charge in [-0.05, 0) is 6.07 Å². The first-order valence-electron chi connectivity index (χ1n) is 6.71. The highest BCUT2D eigenvalue weighted by Gasteiger charge is 2.44. The standard InChI is InChI=1S/C13H16N2O8/c16-5-8-10(17)11(18)9(13(20)23-8)14-12(19)6-3-1-2-4-7(6)15(21)22/h1-4,8-11,13,16-18,20H,5H2,(H,14,19). The summed E-state index contributed by atoms with van der Waals surface area (Å²) in [6, 6.07) is 3.74. The number of rotatable bonds is 4. The number of nitro groups is 1. The molecule has 1 saturated heterocycles. The van der Waals surface area contributed by atoms with Crippen LogP contribution in [0.4, 0.5) is 5.69 Å². The molecule has 0 radical (unpaired) electrons. The van der Waals surface area contributed by atoms with E-state index in [1.165, 1.54) is 18.2 Å². The van der Waals surface area contributed by atoms with Crippen molar-refractivity contribution in [3.05, 3.63) is 39.9 Å². The van der Waals surface area contributed by atoms with Gasteiger partial charge in [0.1, 0.15) is 29.9 Å². The average Bonchev–Trinajstić information content (AvgIpc) is 2.54. The molecule has 10 nitrogen and oxygen atoms in total. The summed E-state index contributed by atoms with van der Waals surface area (Å²) in [5.41, 5.74) is -0.713. The summed E-state index contributed by atoms with van der Waals surface area (Å²) in [5.74, 6) is -0.918. The number of amides is 1. The van der Waals surface area contributed by atoms with Gasteiger partial charge in [-0.3, -0.25) is 14.9 Å². The number of nitro benzene ring substituents is 1. The van der Waals surface area contributed by atoms with Crippen LogP contribution in [0.15, 0.2) is 24.3 Å². The highest BCUT2D eigenvalue weighted by atomic mass is 16.6. The molecule has 1 aliphatic heterocycles. The molecule has 5 unspecified atom stereocenters. The minimum atomic E-state index is -1.70. The van der Waals surface area contributed by atoms with E-state index in [4.69, 9.17) is 9.84 Å². The van der Waals surface area contributed by atoms with E-state index in [9.17, 15) is 30.2 Å². The number of aliphatic hydroxyl groups excluding tert-OH is 4. The van der Waals surface area contributed by atoms with Gasteiger partial charge in [0.05, 0.1) is 11.5 Å². The highest BCUT2D eigenvalue weighted by molar-refractivity contribution is 5.98. The zero-order valence-electron chi connectivity index (χ0n) is 11.8. The van der Waals surface area contributed by atoms with Crippen molar-refractivity contribution in [3.63, 3.8) is 0 Å². The minimum absolute atomic E-state index is 0.268. The van der Waals surface area contributed by atoms with Crippen LogP contribution in [0.1, 0.15) is 10.4 Å². The zero-order chi connectivity index (χ0) is 17.1. The molecule has 10 heteroatoms. The van der Waals surface area contributed by atoms with Gasteiger partial charge in [-0.1, -0.05) is 12.1 Å². The highest BCUT2D eigenvalue weighted by Crippen LogP contribution is 2.22. The Morgan fingerprint density at radius 3 is 2.52 bits per heavy atom. The van der Waals surface area contributed by atoms with Gasteiger partial charge < -0.3 is 30.5 Å². The van der Waals surface area contributed by atoms with Gasteiger partial charge in [0, 0.05) is 6.07 Å². The third kappa shape index (κ3) is 3.46. The largest absolute Gasteiger partial charge is 0.394 e. The molecule has 0 aliphatic carbocycles. The Kier molecular flexibility index (Phi) is 5.23. The Bertz CT molecular complexity index is 595. The summed E-state index contributed by atoms with van der Waals surface area (Å²) >= 11 is 0. The maximum atomic E-state index is 12.2. The van der Waals surface area contributed by atoms with Gasteiger partial charge in [0.15, 0.2) is 6.29 Å². The van der Waals surface area contributed by atoms with E-state index in [-0.39, 0.29) is 5.56 Å². The summed E-state index contributed by atoms with van der Waals surface area (Å²) < 4.78 is 4.89. The van der Waals surface area contributed by atoms with E-state index >= 15 is 0 Å². The maximum Gasteiger partial charge on any atom is 0.282 e. The number of carbonyl (C=O) groups excluding carboxylic acids is 1. The van der Waals surface area contributed by atoms with E-state index in [2.05, 4.69) is 5.32 Å². The van der Waals surface area contributed by atoms with Crippen LogP contribution >= 0.6 is 0 Å². The lowest BCUT2D eigenvalue weighted by atomic mass is 9.96. The van der Waals surface area contributed by atoms with Gasteiger partial charge in [-0.15, -0.1) is 0 Å². The number of benzene rings is 1. The number of nitrogens with one attached hydrogen (secondary N) is 1. The number of hydrogen-bond acceptors (Lipinski definition) is 8. The Morgan fingerprint density at radius 1 is 1.26 bits per heavy atom. The van der Waals surface area contributed by atoms with Crippen molar-refractivity contribution in [3.8, 4) is 0 Å². The molecule has 2 rings (SSSR count). The number of hydrogen-bond donors (Lipinski definition) is 5. The lowest BCUT2D eigenvalue weighted by molar-refractivity contribution is -0.385. The first-order chi connectivity index (χ1) is 10.9. The fourth-order valence-electron chi connectivity index (χ4n) is 2.31. The molecular weight excluding hydrogens is 312 g/mol. The van der Waals surface area contributed by atoms with E-state index in [0.29, 0.717) is 0 Å². The van der Waals surface area contributed by atoms with E-state index < -0.39 is 53.8 Å². The normalized spacial score (nSPS) is 30.7. The average molecular weight is 328 g/mol. The minimum Gasteiger partial charge on any atom is -0.394 e. The van der Waals surface area contributed by atoms with Crippen LogP contribution < -0.4 is 5.32 Å². The molecule has 5 atom stereocenters. The predicted molar refractivity (Wildman–Crippen MR) is 74.3 cm³/mol. The van der Waals surface area contributed by atoms with Crippen molar-refractivity contribution in [2.24, 2.45) is 0 Å². The lowest BCUT2D eigenvalue weighted by Crippen LogP contribution is -2.64. The fourth-order valence-corrected chi connectivity index (χ4v) is 2.31. The number of para-hydroxylation sites is 1. The zero-order valence-corrected chi connectivity index (χ0v) is 11.8. The van der Waals surface area contributed by atoms with Crippen LogP contribution in [-0.4, -0.2) is 68.5 Å². The van der Waals surface area contributed by atoms with E-state index in [1.54, 1.807) is 0 Å². The van der Waals surface area contributed by atoms with Crippen LogP contribution in [-0.2, 0) is 4.74 Å². The Hall–Kier alpha value is -2.11. The number of aliphatic hydroxyl groups is 4. The molecule has 1 amide bonds. The molecule has 0 spiro atoms. The molecule has 0 saturated carbocycles. The van der Waals surface area contributed by atoms with Gasteiger partial charge in [0.25, 0.3) is 11.6 Å². The SMILES string of the molecule is O=C(NC1C(O)OC(CO)C(O)C1O)c1ccccc1[N+](=O)[O-]. The molecule has 5 N–H and O–H groups in total. The molecule has 1 aliphatic rings. The molecule has 0 aromatic heterocycles. The fraction of sp³-hybridized carbons (Fsp3) is 0.462. The summed E-state index contributed by atoms with van der Waals surface area (Å²) in [6.45, 7) is -0.639. The summed E-state index contributed by atoms with van der Waals surface area (Å²) in [5, 5.41) is 51.5.